The van der Waals surface area contributed by atoms with E-state index in [-0.39, 0.29) is 18.2 Å². The third-order valence-electron chi connectivity index (χ3n) is 2.42. The van der Waals surface area contributed by atoms with Crippen molar-refractivity contribution >= 4 is 17.5 Å². The Morgan fingerprint density at radius 2 is 1.50 bits per heavy atom. The van der Waals surface area contributed by atoms with E-state index in [4.69, 9.17) is 4.74 Å². The van der Waals surface area contributed by atoms with E-state index in [1.807, 2.05) is 0 Å². The molecule has 0 unspecified atom stereocenters. The summed E-state index contributed by atoms with van der Waals surface area (Å²) in [6, 6.07) is 0. The number of rotatable bonds is 10. The van der Waals surface area contributed by atoms with E-state index in [2.05, 4.69) is 6.58 Å². The van der Waals surface area contributed by atoms with Gasteiger partial charge in [-0.25, -0.2) is 4.79 Å². The van der Waals surface area contributed by atoms with Gasteiger partial charge in [-0.15, -0.1) is 0 Å². The zero-order valence-corrected chi connectivity index (χ0v) is 11.3. The molecule has 0 fully saturated rings. The fraction of sp³-hybridized carbons (Fsp3) is 0.643. The second-order valence-electron chi connectivity index (χ2n) is 4.47. The minimum Gasteiger partial charge on any atom is -0.462 e. The van der Waals surface area contributed by atoms with Gasteiger partial charge in [-0.3, -0.25) is 4.79 Å². The first-order valence-corrected chi connectivity index (χ1v) is 6.27. The number of ketones is 2. The quantitative estimate of drug-likeness (QED) is 0.341. The first-order chi connectivity index (χ1) is 8.43. The van der Waals surface area contributed by atoms with Crippen molar-refractivity contribution in [2.75, 3.05) is 6.61 Å². The predicted molar refractivity (Wildman–Crippen MR) is 69.2 cm³/mol. The van der Waals surface area contributed by atoms with Crippen molar-refractivity contribution in [1.82, 2.24) is 0 Å². The molecule has 102 valence electrons. The van der Waals surface area contributed by atoms with Crippen LogP contribution in [0.4, 0.5) is 0 Å². The lowest BCUT2D eigenvalue weighted by molar-refractivity contribution is -0.139. The van der Waals surface area contributed by atoms with Gasteiger partial charge in [0.05, 0.1) is 6.61 Å². The van der Waals surface area contributed by atoms with Gasteiger partial charge in [-0.2, -0.15) is 0 Å². The molecule has 0 bridgehead atoms. The second-order valence-corrected chi connectivity index (χ2v) is 4.47. The summed E-state index contributed by atoms with van der Waals surface area (Å²) in [5.74, 6) is -0.0945. The lowest BCUT2D eigenvalue weighted by atomic mass is 10.1. The molecule has 0 aliphatic heterocycles. The van der Waals surface area contributed by atoms with Crippen LogP contribution in [0.2, 0.25) is 0 Å². The topological polar surface area (TPSA) is 60.4 Å². The van der Waals surface area contributed by atoms with E-state index in [9.17, 15) is 14.4 Å². The summed E-state index contributed by atoms with van der Waals surface area (Å²) in [6.07, 6.45) is 3.54. The minimum absolute atomic E-state index is 0.157. The summed E-state index contributed by atoms with van der Waals surface area (Å²) in [6.45, 7) is 6.86. The van der Waals surface area contributed by atoms with Gasteiger partial charge in [0.1, 0.15) is 11.6 Å². The highest BCUT2D eigenvalue weighted by atomic mass is 16.5. The van der Waals surface area contributed by atoms with Crippen molar-refractivity contribution in [3.8, 4) is 0 Å². The Balaban J connectivity index is 3.45. The molecule has 0 aromatic carbocycles. The Kier molecular flexibility index (Phi) is 8.80. The molecule has 0 atom stereocenters. The Morgan fingerprint density at radius 3 is 2.06 bits per heavy atom. The number of hydrogen-bond donors (Lipinski definition) is 0. The second kappa shape index (κ2) is 9.57. The van der Waals surface area contributed by atoms with Crippen LogP contribution in [0.5, 0.6) is 0 Å². The van der Waals surface area contributed by atoms with Crippen LogP contribution in [-0.4, -0.2) is 24.1 Å². The molecule has 0 saturated heterocycles. The molecule has 0 saturated carbocycles. The number of unbranched alkanes of at least 4 members (excludes halogenated alkanes) is 1. The molecule has 0 spiro atoms. The average Bonchev–Trinajstić information content (AvgIpc) is 2.29. The van der Waals surface area contributed by atoms with E-state index in [0.717, 1.165) is 12.8 Å². The maximum atomic E-state index is 11.4. The van der Waals surface area contributed by atoms with Crippen LogP contribution >= 0.6 is 0 Å². The van der Waals surface area contributed by atoms with Gasteiger partial charge < -0.3 is 9.53 Å². The van der Waals surface area contributed by atoms with E-state index in [1.54, 1.807) is 13.8 Å². The van der Waals surface area contributed by atoms with Crippen molar-refractivity contribution in [2.45, 2.75) is 52.4 Å². The highest BCUT2D eigenvalue weighted by Crippen LogP contribution is 2.05. The average molecular weight is 254 g/mol. The molecule has 0 aromatic rings. The van der Waals surface area contributed by atoms with Crippen LogP contribution < -0.4 is 0 Å². The zero-order valence-electron chi connectivity index (χ0n) is 11.3. The van der Waals surface area contributed by atoms with Crippen LogP contribution in [0.1, 0.15) is 52.4 Å². The van der Waals surface area contributed by atoms with Crippen molar-refractivity contribution < 1.29 is 19.1 Å². The largest absolute Gasteiger partial charge is 0.462 e. The Labute approximate surface area is 108 Å². The summed E-state index contributed by atoms with van der Waals surface area (Å²) in [7, 11) is 0. The number of hydrogen-bond acceptors (Lipinski definition) is 4. The van der Waals surface area contributed by atoms with Gasteiger partial charge in [0.25, 0.3) is 0 Å². The van der Waals surface area contributed by atoms with Crippen molar-refractivity contribution in [3.05, 3.63) is 12.2 Å². The molecule has 18 heavy (non-hydrogen) atoms. The third-order valence-corrected chi connectivity index (χ3v) is 2.42. The summed E-state index contributed by atoms with van der Waals surface area (Å²) < 4.78 is 4.88. The first kappa shape index (κ1) is 16.6. The fourth-order valence-corrected chi connectivity index (χ4v) is 1.38. The lowest BCUT2D eigenvalue weighted by Gasteiger charge is -2.03. The maximum Gasteiger partial charge on any atom is 0.333 e. The van der Waals surface area contributed by atoms with E-state index in [1.165, 1.54) is 0 Å². The van der Waals surface area contributed by atoms with Gasteiger partial charge in [-0.05, 0) is 33.1 Å². The molecule has 0 aliphatic carbocycles. The lowest BCUT2D eigenvalue weighted by Crippen LogP contribution is -2.08. The summed E-state index contributed by atoms with van der Waals surface area (Å²) in [5, 5.41) is 0. The molecule has 0 amide bonds. The first-order valence-electron chi connectivity index (χ1n) is 6.27. The molecule has 0 rings (SSSR count). The molecule has 0 aliphatic rings. The van der Waals surface area contributed by atoms with E-state index in [0.29, 0.717) is 31.3 Å². The number of carbonyl (C=O) groups is 3. The molecule has 4 heteroatoms. The van der Waals surface area contributed by atoms with Gasteiger partial charge in [0.15, 0.2) is 0 Å². The normalized spacial score (nSPS) is 9.89. The smallest absolute Gasteiger partial charge is 0.333 e. The Morgan fingerprint density at radius 1 is 0.944 bits per heavy atom. The minimum atomic E-state index is -0.413. The standard InChI is InChI=1S/C14H22O4/c1-11(2)14(17)18-10-6-9-13(16)8-5-4-7-12(3)15/h1,4-10H2,2-3H3. The maximum absolute atomic E-state index is 11.4. The highest BCUT2D eigenvalue weighted by Gasteiger charge is 2.05. The van der Waals surface area contributed by atoms with Gasteiger partial charge in [-0.1, -0.05) is 6.58 Å². The molecule has 4 nitrogen and oxygen atoms in total. The van der Waals surface area contributed by atoms with E-state index >= 15 is 0 Å². The number of esters is 1. The summed E-state index contributed by atoms with van der Waals surface area (Å²) >= 11 is 0. The monoisotopic (exact) mass is 254 g/mol. The molecular formula is C14H22O4. The molecular weight excluding hydrogens is 232 g/mol. The van der Waals surface area contributed by atoms with Crippen LogP contribution in [0.3, 0.4) is 0 Å². The van der Waals surface area contributed by atoms with Crippen molar-refractivity contribution in [1.29, 1.82) is 0 Å². The molecule has 0 radical (unpaired) electrons. The van der Waals surface area contributed by atoms with Crippen molar-refractivity contribution in [3.63, 3.8) is 0 Å². The van der Waals surface area contributed by atoms with Crippen LogP contribution in [-0.2, 0) is 19.1 Å². The van der Waals surface area contributed by atoms with Gasteiger partial charge in [0.2, 0.25) is 0 Å². The van der Waals surface area contributed by atoms with Gasteiger partial charge in [0, 0.05) is 24.8 Å². The molecule has 0 N–H and O–H groups in total. The summed E-state index contributed by atoms with van der Waals surface area (Å²) in [4.78, 5) is 33.1. The van der Waals surface area contributed by atoms with Crippen LogP contribution in [0.15, 0.2) is 12.2 Å². The number of carbonyl (C=O) groups excluding carboxylic acids is 3. The highest BCUT2D eigenvalue weighted by molar-refractivity contribution is 5.86. The predicted octanol–water partition coefficient (Wildman–Crippen LogP) is 2.60. The molecule has 0 heterocycles. The Hall–Kier alpha value is -1.45. The summed E-state index contributed by atoms with van der Waals surface area (Å²) in [5.41, 5.74) is 0.366. The number of ether oxygens (including phenoxy) is 1. The van der Waals surface area contributed by atoms with Gasteiger partial charge >= 0.3 is 5.97 Å². The Bertz CT molecular complexity index is 318. The zero-order chi connectivity index (χ0) is 14.0. The van der Waals surface area contributed by atoms with Crippen LogP contribution in [0.25, 0.3) is 0 Å². The fourth-order valence-electron chi connectivity index (χ4n) is 1.38. The van der Waals surface area contributed by atoms with E-state index < -0.39 is 5.97 Å². The third kappa shape index (κ3) is 9.75. The number of Topliss-reactive ketones (excluding diaryl/α,β-unsaturated/α-hetero) is 2. The van der Waals surface area contributed by atoms with Crippen molar-refractivity contribution in [2.24, 2.45) is 0 Å². The van der Waals surface area contributed by atoms with Crippen LogP contribution in [0, 0.1) is 0 Å². The SMILES string of the molecule is C=C(C)C(=O)OCCCC(=O)CCCCC(C)=O. The molecule has 0 aromatic heterocycles.